The fourth-order valence-corrected chi connectivity index (χ4v) is 0.774. The van der Waals surface area contributed by atoms with Crippen LogP contribution in [0.1, 0.15) is 13.3 Å². The Hall–Kier alpha value is 0.390. The summed E-state index contributed by atoms with van der Waals surface area (Å²) in [5.41, 5.74) is 0. The summed E-state index contributed by atoms with van der Waals surface area (Å²) < 4.78 is 27.6. The van der Waals surface area contributed by atoms with Crippen LogP contribution in [0.5, 0.6) is 0 Å². The van der Waals surface area contributed by atoms with Gasteiger partial charge in [-0.3, -0.25) is 4.55 Å². The Morgan fingerprint density at radius 3 is 1.88 bits per heavy atom. The molecular formula is C3H9BrO3S. The topological polar surface area (TPSA) is 54.4 Å². The molecule has 0 rings (SSSR count). The summed E-state index contributed by atoms with van der Waals surface area (Å²) in [4.78, 5) is 0. The Labute approximate surface area is 59.6 Å². The maximum atomic E-state index is 9.79. The Balaban J connectivity index is 0. The second-order valence-electron chi connectivity index (χ2n) is 1.29. The summed E-state index contributed by atoms with van der Waals surface area (Å²) >= 11 is 0. The second-order valence-corrected chi connectivity index (χ2v) is 2.86. The molecule has 0 spiro atoms. The van der Waals surface area contributed by atoms with E-state index in [1.165, 1.54) is 0 Å². The average molecular weight is 205 g/mol. The monoisotopic (exact) mass is 204 g/mol. The molecule has 0 heterocycles. The van der Waals surface area contributed by atoms with Crippen molar-refractivity contribution >= 4 is 27.1 Å². The van der Waals surface area contributed by atoms with E-state index in [0.29, 0.717) is 6.42 Å². The number of hydrogen-bond acceptors (Lipinski definition) is 2. The van der Waals surface area contributed by atoms with E-state index in [1.807, 2.05) is 0 Å². The van der Waals surface area contributed by atoms with E-state index in [9.17, 15) is 8.42 Å². The lowest BCUT2D eigenvalue weighted by molar-refractivity contribution is 0.482. The van der Waals surface area contributed by atoms with E-state index in [-0.39, 0.29) is 22.7 Å². The van der Waals surface area contributed by atoms with Crippen LogP contribution >= 0.6 is 17.0 Å². The molecule has 0 fully saturated rings. The highest BCUT2D eigenvalue weighted by molar-refractivity contribution is 8.93. The Kier molecular flexibility index (Phi) is 6.01. The maximum absolute atomic E-state index is 9.79. The van der Waals surface area contributed by atoms with Crippen molar-refractivity contribution in [2.24, 2.45) is 0 Å². The van der Waals surface area contributed by atoms with Gasteiger partial charge in [-0.25, -0.2) is 0 Å². The van der Waals surface area contributed by atoms with Crippen LogP contribution in [0.15, 0.2) is 0 Å². The zero-order valence-corrected chi connectivity index (χ0v) is 7.02. The maximum Gasteiger partial charge on any atom is 0.264 e. The normalized spacial score (nSPS) is 10.2. The quantitative estimate of drug-likeness (QED) is 0.680. The van der Waals surface area contributed by atoms with E-state index >= 15 is 0 Å². The molecule has 0 saturated heterocycles. The first-order valence-corrected chi connectivity index (χ1v) is 3.62. The third kappa shape index (κ3) is 9.63. The Bertz CT molecular complexity index is 127. The van der Waals surface area contributed by atoms with Crippen molar-refractivity contribution in [2.75, 3.05) is 5.75 Å². The van der Waals surface area contributed by atoms with Gasteiger partial charge in [0.15, 0.2) is 0 Å². The van der Waals surface area contributed by atoms with Gasteiger partial charge in [0.05, 0.1) is 5.75 Å². The fraction of sp³-hybridized carbons (Fsp3) is 1.00. The minimum absolute atomic E-state index is 0. The summed E-state index contributed by atoms with van der Waals surface area (Å²) in [5.74, 6) is -0.132. The molecule has 0 aliphatic rings. The minimum atomic E-state index is -3.67. The lowest BCUT2D eigenvalue weighted by Gasteiger charge is -1.85. The van der Waals surface area contributed by atoms with Crippen LogP contribution < -0.4 is 0 Å². The van der Waals surface area contributed by atoms with Gasteiger partial charge in [0.2, 0.25) is 0 Å². The van der Waals surface area contributed by atoms with Gasteiger partial charge in [-0.1, -0.05) is 6.92 Å². The van der Waals surface area contributed by atoms with E-state index in [0.717, 1.165) is 0 Å². The second kappa shape index (κ2) is 4.29. The van der Waals surface area contributed by atoms with Gasteiger partial charge in [0.1, 0.15) is 0 Å². The average Bonchev–Trinajstić information content (AvgIpc) is 1.30. The first kappa shape index (κ1) is 11.2. The van der Waals surface area contributed by atoms with Crippen molar-refractivity contribution in [1.29, 1.82) is 0 Å². The molecule has 0 saturated carbocycles. The molecule has 1 N–H and O–H groups in total. The van der Waals surface area contributed by atoms with Crippen LogP contribution in [0.3, 0.4) is 0 Å². The lowest BCUT2D eigenvalue weighted by Crippen LogP contribution is -2.01. The van der Waals surface area contributed by atoms with E-state index in [1.54, 1.807) is 6.92 Å². The van der Waals surface area contributed by atoms with Crippen molar-refractivity contribution in [3.63, 3.8) is 0 Å². The molecule has 0 radical (unpaired) electrons. The molecular weight excluding hydrogens is 196 g/mol. The van der Waals surface area contributed by atoms with Gasteiger partial charge < -0.3 is 0 Å². The summed E-state index contributed by atoms with van der Waals surface area (Å²) in [6.07, 6.45) is 0.471. The SMILES string of the molecule is Br.CCCS(=O)(=O)O. The number of rotatable bonds is 2. The van der Waals surface area contributed by atoms with Crippen LogP contribution in [0.2, 0.25) is 0 Å². The molecule has 0 aromatic rings. The number of halogens is 1. The van der Waals surface area contributed by atoms with Gasteiger partial charge in [0.25, 0.3) is 10.1 Å². The summed E-state index contributed by atoms with van der Waals surface area (Å²) in [5, 5.41) is 0. The largest absolute Gasteiger partial charge is 0.286 e. The van der Waals surface area contributed by atoms with Crippen LogP contribution in [0, 0.1) is 0 Å². The lowest BCUT2D eigenvalue weighted by atomic mass is 10.6. The predicted molar refractivity (Wildman–Crippen MR) is 37.0 cm³/mol. The van der Waals surface area contributed by atoms with E-state index in [2.05, 4.69) is 0 Å². The summed E-state index contributed by atoms with van der Waals surface area (Å²) in [7, 11) is -3.67. The van der Waals surface area contributed by atoms with Gasteiger partial charge >= 0.3 is 0 Å². The van der Waals surface area contributed by atoms with Gasteiger partial charge in [-0.15, -0.1) is 17.0 Å². The van der Waals surface area contributed by atoms with Gasteiger partial charge in [-0.05, 0) is 6.42 Å². The first-order chi connectivity index (χ1) is 3.06. The van der Waals surface area contributed by atoms with E-state index in [4.69, 9.17) is 4.55 Å². The summed E-state index contributed by atoms with van der Waals surface area (Å²) in [6.45, 7) is 1.69. The smallest absolute Gasteiger partial charge is 0.264 e. The standard InChI is InChI=1S/C3H8O3S.BrH/c1-2-3-7(4,5)6;/h2-3H2,1H3,(H,4,5,6);1H. The molecule has 0 unspecified atom stereocenters. The van der Waals surface area contributed by atoms with Crippen molar-refractivity contribution in [1.82, 2.24) is 0 Å². The Morgan fingerprint density at radius 1 is 1.50 bits per heavy atom. The highest BCUT2D eigenvalue weighted by atomic mass is 79.9. The van der Waals surface area contributed by atoms with Crippen LogP contribution in [-0.2, 0) is 10.1 Å². The third-order valence-electron chi connectivity index (χ3n) is 0.462. The highest BCUT2D eigenvalue weighted by Gasteiger charge is 1.98. The zero-order valence-electron chi connectivity index (χ0n) is 4.49. The van der Waals surface area contributed by atoms with Crippen LogP contribution in [-0.4, -0.2) is 18.7 Å². The van der Waals surface area contributed by atoms with Crippen molar-refractivity contribution in [2.45, 2.75) is 13.3 Å². The van der Waals surface area contributed by atoms with Crippen molar-refractivity contribution in [3.8, 4) is 0 Å². The third-order valence-corrected chi connectivity index (χ3v) is 1.39. The molecule has 0 aliphatic heterocycles. The molecule has 3 nitrogen and oxygen atoms in total. The first-order valence-electron chi connectivity index (χ1n) is 2.01. The minimum Gasteiger partial charge on any atom is -0.286 e. The van der Waals surface area contributed by atoms with Gasteiger partial charge in [-0.2, -0.15) is 8.42 Å². The highest BCUT2D eigenvalue weighted by Crippen LogP contribution is 1.83. The fourth-order valence-electron chi connectivity index (χ4n) is 0.258. The van der Waals surface area contributed by atoms with Crippen LogP contribution in [0.4, 0.5) is 0 Å². The number of hydrogen-bond donors (Lipinski definition) is 1. The summed E-state index contributed by atoms with van der Waals surface area (Å²) in [6, 6.07) is 0. The molecule has 0 bridgehead atoms. The molecule has 0 aromatic carbocycles. The molecule has 8 heavy (non-hydrogen) atoms. The molecule has 0 atom stereocenters. The van der Waals surface area contributed by atoms with Crippen molar-refractivity contribution in [3.05, 3.63) is 0 Å². The van der Waals surface area contributed by atoms with Crippen LogP contribution in [0.25, 0.3) is 0 Å². The Morgan fingerprint density at radius 2 is 1.88 bits per heavy atom. The molecule has 0 aliphatic carbocycles. The molecule has 5 heteroatoms. The molecule has 0 aromatic heterocycles. The predicted octanol–water partition coefficient (Wildman–Crippen LogP) is 0.862. The van der Waals surface area contributed by atoms with Crippen molar-refractivity contribution < 1.29 is 13.0 Å². The molecule has 0 amide bonds. The van der Waals surface area contributed by atoms with E-state index < -0.39 is 10.1 Å². The van der Waals surface area contributed by atoms with Gasteiger partial charge in [0, 0.05) is 0 Å². The zero-order chi connectivity index (χ0) is 5.91. The molecule has 52 valence electrons.